The number of halogens is 3. The van der Waals surface area contributed by atoms with Crippen LogP contribution in [-0.2, 0) is 15.8 Å². The molecule has 0 aliphatic carbocycles. The van der Waals surface area contributed by atoms with Gasteiger partial charge in [-0.15, -0.1) is 0 Å². The number of hydrogen-bond donors (Lipinski definition) is 0. The number of amides is 1. The number of nitrogens with zero attached hydrogens (tertiary/aromatic N) is 3. The molecule has 6 nitrogen and oxygen atoms in total. The number of hydroxylamine groups is 2. The molecule has 1 fully saturated rings. The van der Waals surface area contributed by atoms with Crippen molar-refractivity contribution in [2.45, 2.75) is 20.0 Å². The lowest BCUT2D eigenvalue weighted by Crippen LogP contribution is -2.38. The monoisotopic (exact) mass is 349 g/mol. The fourth-order valence-electron chi connectivity index (χ4n) is 2.05. The van der Waals surface area contributed by atoms with Gasteiger partial charge in [0.15, 0.2) is 5.69 Å². The highest BCUT2D eigenvalue weighted by Gasteiger charge is 2.34. The molecule has 136 valence electrons. The number of ether oxygens (including phenoxy) is 1. The summed E-state index contributed by atoms with van der Waals surface area (Å²) in [6.07, 6.45) is -3.87. The van der Waals surface area contributed by atoms with Crippen LogP contribution in [0.5, 0.6) is 0 Å². The summed E-state index contributed by atoms with van der Waals surface area (Å²) < 4.78 is 43.9. The Morgan fingerprint density at radius 2 is 1.92 bits per heavy atom. The lowest BCUT2D eigenvalue weighted by Gasteiger charge is -2.30. The molecule has 0 aromatic carbocycles. The number of alkyl halides is 3. The predicted octanol–water partition coefficient (Wildman–Crippen LogP) is 2.60. The average molecular weight is 349 g/mol. The van der Waals surface area contributed by atoms with Crippen LogP contribution in [0, 0.1) is 0 Å². The molecule has 0 atom stereocenters. The fourth-order valence-corrected chi connectivity index (χ4v) is 2.05. The zero-order valence-corrected chi connectivity index (χ0v) is 14.2. The molecule has 1 aliphatic rings. The highest BCUT2D eigenvalue weighted by atomic mass is 19.4. The van der Waals surface area contributed by atoms with Crippen LogP contribution < -0.4 is 4.90 Å². The summed E-state index contributed by atoms with van der Waals surface area (Å²) in [7, 11) is 2.65. The summed E-state index contributed by atoms with van der Waals surface area (Å²) in [4.78, 5) is 22.4. The number of aromatic nitrogens is 1. The van der Waals surface area contributed by atoms with Crippen molar-refractivity contribution in [3.63, 3.8) is 0 Å². The first kappa shape index (κ1) is 20.2. The summed E-state index contributed by atoms with van der Waals surface area (Å²) in [5, 5.41) is 0.916. The number of rotatable bonds is 3. The molecular weight excluding hydrogens is 327 g/mol. The van der Waals surface area contributed by atoms with Gasteiger partial charge >= 0.3 is 6.18 Å². The maximum atomic E-state index is 12.9. The number of morpholine rings is 1. The molecule has 0 bridgehead atoms. The summed E-state index contributed by atoms with van der Waals surface area (Å²) >= 11 is 0. The molecule has 1 saturated heterocycles. The topological polar surface area (TPSA) is 54.9 Å². The second-order valence-corrected chi connectivity index (χ2v) is 4.67. The number of pyridine rings is 1. The minimum atomic E-state index is -4.53. The van der Waals surface area contributed by atoms with Gasteiger partial charge in [0.2, 0.25) is 0 Å². The van der Waals surface area contributed by atoms with Gasteiger partial charge in [0, 0.05) is 26.3 Å². The minimum Gasteiger partial charge on any atom is -0.378 e. The van der Waals surface area contributed by atoms with E-state index in [9.17, 15) is 18.0 Å². The molecule has 0 spiro atoms. The maximum Gasteiger partial charge on any atom is 0.417 e. The van der Waals surface area contributed by atoms with Crippen LogP contribution in [0.2, 0.25) is 0 Å². The Balaban J connectivity index is 0.00000139. The van der Waals surface area contributed by atoms with Gasteiger partial charge in [-0.3, -0.25) is 9.63 Å². The maximum absolute atomic E-state index is 12.9. The molecule has 0 N–H and O–H groups in total. The molecule has 2 heterocycles. The van der Waals surface area contributed by atoms with E-state index in [1.54, 1.807) is 4.90 Å². The van der Waals surface area contributed by atoms with Crippen LogP contribution in [0.4, 0.5) is 18.9 Å². The van der Waals surface area contributed by atoms with E-state index in [0.29, 0.717) is 32.5 Å². The van der Waals surface area contributed by atoms with Crippen molar-refractivity contribution in [1.29, 1.82) is 0 Å². The van der Waals surface area contributed by atoms with Gasteiger partial charge in [0.05, 0.1) is 31.6 Å². The van der Waals surface area contributed by atoms with Crippen molar-refractivity contribution >= 4 is 11.6 Å². The third-order valence-corrected chi connectivity index (χ3v) is 3.31. The van der Waals surface area contributed by atoms with Gasteiger partial charge in [-0.05, 0) is 6.07 Å². The van der Waals surface area contributed by atoms with Crippen molar-refractivity contribution in [2.24, 2.45) is 0 Å². The number of anilines is 1. The summed E-state index contributed by atoms with van der Waals surface area (Å²) in [6, 6.07) is 0.940. The minimum absolute atomic E-state index is 0.0840. The smallest absolute Gasteiger partial charge is 0.378 e. The van der Waals surface area contributed by atoms with Gasteiger partial charge in [-0.25, -0.2) is 10.0 Å². The fraction of sp³-hybridized carbons (Fsp3) is 0.600. The van der Waals surface area contributed by atoms with Crippen molar-refractivity contribution in [2.75, 3.05) is 45.4 Å². The van der Waals surface area contributed by atoms with E-state index in [2.05, 4.69) is 4.98 Å². The number of hydrogen-bond acceptors (Lipinski definition) is 5. The normalized spacial score (nSPS) is 14.7. The molecule has 1 amide bonds. The van der Waals surface area contributed by atoms with Crippen LogP contribution in [-0.4, -0.2) is 56.4 Å². The average Bonchev–Trinajstić information content (AvgIpc) is 2.61. The second-order valence-electron chi connectivity index (χ2n) is 4.67. The Bertz CT molecular complexity index is 547. The standard InChI is InChI=1S/C13H16F3N3O3.C2H6/c1-18(21-2)12(20)11-10(19-3-5-22-6-4-19)7-9(8-17-11)13(14,15)16;1-2/h7-8H,3-6H2,1-2H3;1-2H3. The van der Waals surface area contributed by atoms with Crippen LogP contribution in [0.15, 0.2) is 12.3 Å². The third kappa shape index (κ3) is 4.81. The molecule has 0 radical (unpaired) electrons. The third-order valence-electron chi connectivity index (χ3n) is 3.31. The van der Waals surface area contributed by atoms with Crippen LogP contribution >= 0.6 is 0 Å². The molecule has 1 aliphatic heterocycles. The summed E-state index contributed by atoms with van der Waals surface area (Å²) in [5.74, 6) is -0.613. The molecule has 24 heavy (non-hydrogen) atoms. The van der Waals surface area contributed by atoms with E-state index in [1.165, 1.54) is 14.2 Å². The quantitative estimate of drug-likeness (QED) is 0.785. The first-order valence-corrected chi connectivity index (χ1v) is 7.56. The lowest BCUT2D eigenvalue weighted by atomic mass is 10.1. The Labute approximate surface area is 139 Å². The Hall–Kier alpha value is -1.87. The van der Waals surface area contributed by atoms with Crippen molar-refractivity contribution in [1.82, 2.24) is 10.0 Å². The summed E-state index contributed by atoms with van der Waals surface area (Å²) in [6.45, 7) is 5.54. The van der Waals surface area contributed by atoms with Crippen molar-refractivity contribution in [3.05, 3.63) is 23.5 Å². The van der Waals surface area contributed by atoms with E-state index in [-0.39, 0.29) is 11.4 Å². The Morgan fingerprint density at radius 1 is 1.33 bits per heavy atom. The second kappa shape index (κ2) is 8.84. The van der Waals surface area contributed by atoms with Gasteiger partial charge in [-0.2, -0.15) is 13.2 Å². The van der Waals surface area contributed by atoms with Gasteiger partial charge in [-0.1, -0.05) is 13.8 Å². The van der Waals surface area contributed by atoms with Gasteiger partial charge in [0.1, 0.15) is 0 Å². The van der Waals surface area contributed by atoms with Crippen molar-refractivity contribution in [3.8, 4) is 0 Å². The molecule has 9 heteroatoms. The van der Waals surface area contributed by atoms with Crippen LogP contribution in [0.3, 0.4) is 0 Å². The Morgan fingerprint density at radius 3 is 2.42 bits per heavy atom. The SMILES string of the molecule is CC.CON(C)C(=O)c1ncc(C(F)(F)F)cc1N1CCOCC1. The molecule has 1 aromatic rings. The molecule has 0 unspecified atom stereocenters. The zero-order valence-electron chi connectivity index (χ0n) is 14.2. The van der Waals surface area contributed by atoms with Gasteiger partial charge < -0.3 is 9.64 Å². The Kier molecular flexibility index (Phi) is 7.43. The molecule has 1 aromatic heterocycles. The predicted molar refractivity (Wildman–Crippen MR) is 82.7 cm³/mol. The van der Waals surface area contributed by atoms with E-state index in [1.807, 2.05) is 13.8 Å². The first-order chi connectivity index (χ1) is 11.3. The summed E-state index contributed by atoms with van der Waals surface area (Å²) in [5.41, 5.74) is -0.850. The largest absolute Gasteiger partial charge is 0.417 e. The van der Waals surface area contributed by atoms with Crippen molar-refractivity contribution < 1.29 is 27.5 Å². The first-order valence-electron chi connectivity index (χ1n) is 7.56. The number of carbonyl (C=O) groups excluding carboxylic acids is 1. The molecule has 0 saturated carbocycles. The van der Waals surface area contributed by atoms with E-state index < -0.39 is 17.6 Å². The zero-order chi connectivity index (χ0) is 18.3. The van der Waals surface area contributed by atoms with Crippen LogP contribution in [0.25, 0.3) is 0 Å². The highest BCUT2D eigenvalue weighted by molar-refractivity contribution is 5.97. The van der Waals surface area contributed by atoms with E-state index >= 15 is 0 Å². The highest BCUT2D eigenvalue weighted by Crippen LogP contribution is 2.33. The van der Waals surface area contributed by atoms with E-state index in [0.717, 1.165) is 11.1 Å². The van der Waals surface area contributed by atoms with Gasteiger partial charge in [0.25, 0.3) is 5.91 Å². The molecular formula is C15H22F3N3O3. The lowest BCUT2D eigenvalue weighted by molar-refractivity contribution is -0.137. The molecule has 2 rings (SSSR count). The van der Waals surface area contributed by atoms with E-state index in [4.69, 9.17) is 9.57 Å². The van der Waals surface area contributed by atoms with Crippen LogP contribution in [0.1, 0.15) is 29.9 Å². The number of carbonyl (C=O) groups is 1.